The third-order valence-corrected chi connectivity index (χ3v) is 2.67. The van der Waals surface area contributed by atoms with E-state index in [0.29, 0.717) is 12.3 Å². The predicted octanol–water partition coefficient (Wildman–Crippen LogP) is 1.96. The van der Waals surface area contributed by atoms with Crippen molar-refractivity contribution in [1.29, 1.82) is 0 Å². The van der Waals surface area contributed by atoms with Crippen LogP contribution in [-0.2, 0) is 11.3 Å². The van der Waals surface area contributed by atoms with E-state index in [0.717, 1.165) is 5.69 Å². The zero-order valence-electron chi connectivity index (χ0n) is 11.6. The molecule has 0 atom stereocenters. The molecule has 0 aliphatic heterocycles. The summed E-state index contributed by atoms with van der Waals surface area (Å²) in [5, 5.41) is 5.43. The molecule has 2 rings (SSSR count). The molecule has 1 aromatic carbocycles. The Kier molecular flexibility index (Phi) is 5.22. The van der Waals surface area contributed by atoms with Gasteiger partial charge in [0.25, 0.3) is 5.91 Å². The highest BCUT2D eigenvalue weighted by molar-refractivity contribution is 5.91. The quantitative estimate of drug-likeness (QED) is 0.853. The summed E-state index contributed by atoms with van der Waals surface area (Å²) < 4.78 is 18.7. The standard InChI is InChI=1S/C15H16FN3O2/c1-17-8-11-6-7-12(9-18-11)21-10-15(20)19-14-5-3-2-4-13(14)16/h2-7,9,17H,8,10H2,1H3,(H,19,20). The van der Waals surface area contributed by atoms with Crippen molar-refractivity contribution in [2.45, 2.75) is 6.54 Å². The van der Waals surface area contributed by atoms with E-state index in [1.54, 1.807) is 30.5 Å². The van der Waals surface area contributed by atoms with Gasteiger partial charge in [-0.1, -0.05) is 12.1 Å². The Hall–Kier alpha value is -2.47. The molecule has 1 aromatic heterocycles. The molecule has 1 amide bonds. The Balaban J connectivity index is 1.85. The van der Waals surface area contributed by atoms with E-state index >= 15 is 0 Å². The summed E-state index contributed by atoms with van der Waals surface area (Å²) in [6.45, 7) is 0.454. The van der Waals surface area contributed by atoms with E-state index in [1.165, 1.54) is 12.1 Å². The molecule has 0 saturated carbocycles. The molecule has 0 aliphatic carbocycles. The molecule has 2 N–H and O–H groups in total. The molecule has 0 aliphatic rings. The van der Waals surface area contributed by atoms with Crippen molar-refractivity contribution in [2.75, 3.05) is 19.0 Å². The number of ether oxygens (including phenoxy) is 1. The van der Waals surface area contributed by atoms with Crippen LogP contribution in [0.15, 0.2) is 42.6 Å². The molecule has 0 spiro atoms. The van der Waals surface area contributed by atoms with E-state index in [9.17, 15) is 9.18 Å². The highest BCUT2D eigenvalue weighted by Gasteiger charge is 2.07. The first-order chi connectivity index (χ1) is 10.2. The Morgan fingerprint density at radius 1 is 1.29 bits per heavy atom. The van der Waals surface area contributed by atoms with Crippen molar-refractivity contribution in [1.82, 2.24) is 10.3 Å². The first kappa shape index (κ1) is 14.9. The zero-order valence-corrected chi connectivity index (χ0v) is 11.6. The minimum absolute atomic E-state index is 0.133. The Morgan fingerprint density at radius 2 is 2.10 bits per heavy atom. The smallest absolute Gasteiger partial charge is 0.262 e. The van der Waals surface area contributed by atoms with Gasteiger partial charge in [-0.2, -0.15) is 0 Å². The molecule has 0 bridgehead atoms. The molecule has 21 heavy (non-hydrogen) atoms. The molecule has 110 valence electrons. The van der Waals surface area contributed by atoms with Gasteiger partial charge in [-0.25, -0.2) is 4.39 Å². The molecule has 2 aromatic rings. The number of halogens is 1. The van der Waals surface area contributed by atoms with Gasteiger partial charge in [0, 0.05) is 6.54 Å². The van der Waals surface area contributed by atoms with Crippen LogP contribution in [0.5, 0.6) is 5.75 Å². The maximum atomic E-state index is 13.4. The fourth-order valence-corrected chi connectivity index (χ4v) is 1.68. The molecule has 0 saturated heterocycles. The summed E-state index contributed by atoms with van der Waals surface area (Å²) in [5.74, 6) is -0.429. The number of amides is 1. The first-order valence-electron chi connectivity index (χ1n) is 6.46. The number of carbonyl (C=O) groups is 1. The van der Waals surface area contributed by atoms with Crippen molar-refractivity contribution in [3.05, 3.63) is 54.1 Å². The monoisotopic (exact) mass is 289 g/mol. The van der Waals surface area contributed by atoms with Crippen LogP contribution in [0.4, 0.5) is 10.1 Å². The first-order valence-corrected chi connectivity index (χ1v) is 6.46. The van der Waals surface area contributed by atoms with Crippen molar-refractivity contribution >= 4 is 11.6 Å². The number of nitrogens with one attached hydrogen (secondary N) is 2. The van der Waals surface area contributed by atoms with E-state index in [1.807, 2.05) is 7.05 Å². The van der Waals surface area contributed by atoms with Crippen LogP contribution >= 0.6 is 0 Å². The largest absolute Gasteiger partial charge is 0.482 e. The molecule has 0 unspecified atom stereocenters. The van der Waals surface area contributed by atoms with Gasteiger partial charge in [0.1, 0.15) is 11.6 Å². The number of hydrogen-bond donors (Lipinski definition) is 2. The number of aromatic nitrogens is 1. The van der Waals surface area contributed by atoms with E-state index < -0.39 is 11.7 Å². The Labute approximate surface area is 122 Å². The molecule has 6 heteroatoms. The third kappa shape index (κ3) is 4.54. The molecule has 0 radical (unpaired) electrons. The van der Waals surface area contributed by atoms with Crippen LogP contribution in [0.25, 0.3) is 0 Å². The molecule has 1 heterocycles. The van der Waals surface area contributed by atoms with Gasteiger partial charge in [-0.3, -0.25) is 9.78 Å². The average Bonchev–Trinajstić information content (AvgIpc) is 2.49. The van der Waals surface area contributed by atoms with E-state index in [2.05, 4.69) is 15.6 Å². The second-order valence-corrected chi connectivity index (χ2v) is 4.33. The lowest BCUT2D eigenvalue weighted by atomic mass is 10.3. The topological polar surface area (TPSA) is 63.2 Å². The van der Waals surface area contributed by atoms with Gasteiger partial charge in [0.15, 0.2) is 6.61 Å². The maximum Gasteiger partial charge on any atom is 0.262 e. The van der Waals surface area contributed by atoms with E-state index in [-0.39, 0.29) is 12.3 Å². The number of carbonyl (C=O) groups excluding carboxylic acids is 1. The number of nitrogens with zero attached hydrogens (tertiary/aromatic N) is 1. The average molecular weight is 289 g/mol. The number of anilines is 1. The highest BCUT2D eigenvalue weighted by Crippen LogP contribution is 2.13. The second-order valence-electron chi connectivity index (χ2n) is 4.33. The molecular weight excluding hydrogens is 273 g/mol. The van der Waals surface area contributed by atoms with Crippen LogP contribution in [0.3, 0.4) is 0 Å². The second kappa shape index (κ2) is 7.35. The number of hydrogen-bond acceptors (Lipinski definition) is 4. The van der Waals surface area contributed by atoms with Gasteiger partial charge in [-0.05, 0) is 31.3 Å². The molecule has 0 fully saturated rings. The summed E-state index contributed by atoms with van der Waals surface area (Å²) in [6.07, 6.45) is 1.54. The lowest BCUT2D eigenvalue weighted by molar-refractivity contribution is -0.118. The lowest BCUT2D eigenvalue weighted by Crippen LogP contribution is -2.20. The van der Waals surface area contributed by atoms with Gasteiger partial charge in [0.05, 0.1) is 17.6 Å². The van der Waals surface area contributed by atoms with Crippen LogP contribution in [-0.4, -0.2) is 24.5 Å². The predicted molar refractivity (Wildman–Crippen MR) is 77.5 cm³/mol. The molecule has 5 nitrogen and oxygen atoms in total. The number of pyridine rings is 1. The van der Waals surface area contributed by atoms with Crippen molar-refractivity contribution in [2.24, 2.45) is 0 Å². The van der Waals surface area contributed by atoms with E-state index in [4.69, 9.17) is 4.74 Å². The maximum absolute atomic E-state index is 13.4. The van der Waals surface area contributed by atoms with Crippen LogP contribution < -0.4 is 15.4 Å². The van der Waals surface area contributed by atoms with Crippen LogP contribution in [0.1, 0.15) is 5.69 Å². The Bertz CT molecular complexity index is 602. The van der Waals surface area contributed by atoms with Gasteiger partial charge >= 0.3 is 0 Å². The number of benzene rings is 1. The summed E-state index contributed by atoms with van der Waals surface area (Å²) in [5.41, 5.74) is 1.01. The van der Waals surface area contributed by atoms with Gasteiger partial charge in [-0.15, -0.1) is 0 Å². The fraction of sp³-hybridized carbons (Fsp3) is 0.200. The van der Waals surface area contributed by atoms with Crippen molar-refractivity contribution in [3.63, 3.8) is 0 Å². The third-order valence-electron chi connectivity index (χ3n) is 2.67. The number of rotatable bonds is 6. The fourth-order valence-electron chi connectivity index (χ4n) is 1.68. The van der Waals surface area contributed by atoms with Crippen molar-refractivity contribution < 1.29 is 13.9 Å². The van der Waals surface area contributed by atoms with Gasteiger partial charge < -0.3 is 15.4 Å². The minimum atomic E-state index is -0.482. The SMILES string of the molecule is CNCc1ccc(OCC(=O)Nc2ccccc2F)cn1. The highest BCUT2D eigenvalue weighted by atomic mass is 19.1. The minimum Gasteiger partial charge on any atom is -0.482 e. The zero-order chi connectivity index (χ0) is 15.1. The summed E-state index contributed by atoms with van der Waals surface area (Å²) in [4.78, 5) is 15.8. The van der Waals surface area contributed by atoms with Gasteiger partial charge in [0.2, 0.25) is 0 Å². The summed E-state index contributed by atoms with van der Waals surface area (Å²) in [6, 6.07) is 9.50. The van der Waals surface area contributed by atoms with Crippen molar-refractivity contribution in [3.8, 4) is 5.75 Å². The number of para-hydroxylation sites is 1. The van der Waals surface area contributed by atoms with Crippen LogP contribution in [0.2, 0.25) is 0 Å². The Morgan fingerprint density at radius 3 is 2.76 bits per heavy atom. The summed E-state index contributed by atoms with van der Waals surface area (Å²) in [7, 11) is 1.83. The normalized spacial score (nSPS) is 10.2. The molecular formula is C15H16FN3O2. The summed E-state index contributed by atoms with van der Waals surface area (Å²) >= 11 is 0. The van der Waals surface area contributed by atoms with Crippen LogP contribution in [0, 0.1) is 5.82 Å². The lowest BCUT2D eigenvalue weighted by Gasteiger charge is -2.08.